The predicted molar refractivity (Wildman–Crippen MR) is 124 cm³/mol. The summed E-state index contributed by atoms with van der Waals surface area (Å²) in [5.74, 6) is 0.162. The van der Waals surface area contributed by atoms with Crippen molar-refractivity contribution in [3.63, 3.8) is 0 Å². The Balaban J connectivity index is 1.33. The molecule has 0 spiro atoms. The summed E-state index contributed by atoms with van der Waals surface area (Å²) in [6.45, 7) is 5.16. The fraction of sp³-hybridized carbons (Fsp3) is 0.333. The normalized spacial score (nSPS) is 15.6. The summed E-state index contributed by atoms with van der Waals surface area (Å²) in [4.78, 5) is 13.0. The number of rotatable bonds is 6. The number of hydrogen-bond acceptors (Lipinski definition) is 4. The maximum atomic E-state index is 13.0. The standard InChI is InChI=1S/C24H28N4O3S/c1-18-8-9-22(16-19(18)2)32(30,31)28-14-10-21(11-15-28)24(29)25-23-12-13-27(26-23)17-20-6-4-3-5-7-20/h3-9,12-13,16,21H,10-11,14-15,17H2,1-2H3,(H,25,26,29). The number of nitrogens with zero attached hydrogens (tertiary/aromatic N) is 3. The zero-order valence-corrected chi connectivity index (χ0v) is 19.2. The van der Waals surface area contributed by atoms with Gasteiger partial charge in [0, 0.05) is 31.3 Å². The number of benzene rings is 2. The largest absolute Gasteiger partial charge is 0.309 e. The third-order valence-corrected chi connectivity index (χ3v) is 7.91. The van der Waals surface area contributed by atoms with Crippen molar-refractivity contribution in [2.45, 2.75) is 38.1 Å². The lowest BCUT2D eigenvalue weighted by molar-refractivity contribution is -0.120. The van der Waals surface area contributed by atoms with Gasteiger partial charge in [0.05, 0.1) is 11.4 Å². The second-order valence-corrected chi connectivity index (χ2v) is 10.2. The van der Waals surface area contributed by atoms with Crippen LogP contribution in [0.15, 0.2) is 65.7 Å². The van der Waals surface area contributed by atoms with Crippen LogP contribution in [-0.4, -0.2) is 41.5 Å². The van der Waals surface area contributed by atoms with E-state index in [0.29, 0.717) is 43.2 Å². The van der Waals surface area contributed by atoms with Crippen LogP contribution >= 0.6 is 0 Å². The highest BCUT2D eigenvalue weighted by Crippen LogP contribution is 2.26. The molecule has 1 N–H and O–H groups in total. The van der Waals surface area contributed by atoms with Gasteiger partial charge in [-0.05, 0) is 55.5 Å². The molecular weight excluding hydrogens is 424 g/mol. The first-order valence-corrected chi connectivity index (χ1v) is 12.2. The van der Waals surface area contributed by atoms with Crippen LogP contribution in [0.5, 0.6) is 0 Å². The van der Waals surface area contributed by atoms with Crippen LogP contribution < -0.4 is 5.32 Å². The first-order valence-electron chi connectivity index (χ1n) is 10.8. The van der Waals surface area contributed by atoms with E-state index in [2.05, 4.69) is 10.4 Å². The Bertz CT molecular complexity index is 1200. The van der Waals surface area contributed by atoms with Crippen molar-refractivity contribution < 1.29 is 13.2 Å². The molecule has 0 radical (unpaired) electrons. The van der Waals surface area contributed by atoms with E-state index in [0.717, 1.165) is 16.7 Å². The second kappa shape index (κ2) is 9.26. The third kappa shape index (κ3) is 4.92. The van der Waals surface area contributed by atoms with Gasteiger partial charge in [-0.2, -0.15) is 9.40 Å². The summed E-state index contributed by atoms with van der Waals surface area (Å²) in [6, 6.07) is 17.0. The van der Waals surface area contributed by atoms with E-state index in [9.17, 15) is 13.2 Å². The Morgan fingerprint density at radius 1 is 1.03 bits per heavy atom. The van der Waals surface area contributed by atoms with Crippen LogP contribution in [0.2, 0.25) is 0 Å². The minimum atomic E-state index is -3.55. The van der Waals surface area contributed by atoms with Gasteiger partial charge >= 0.3 is 0 Å². The minimum absolute atomic E-state index is 0.113. The van der Waals surface area contributed by atoms with E-state index in [1.807, 2.05) is 56.4 Å². The number of nitrogens with one attached hydrogen (secondary N) is 1. The number of carbonyl (C=O) groups is 1. The highest BCUT2D eigenvalue weighted by Gasteiger charge is 2.32. The molecule has 1 amide bonds. The second-order valence-electron chi connectivity index (χ2n) is 8.30. The van der Waals surface area contributed by atoms with Crippen LogP contribution in [0.3, 0.4) is 0 Å². The summed E-state index contributed by atoms with van der Waals surface area (Å²) < 4.78 is 29.2. The molecule has 0 aliphatic carbocycles. The number of aryl methyl sites for hydroxylation is 2. The maximum Gasteiger partial charge on any atom is 0.243 e. The van der Waals surface area contributed by atoms with Crippen LogP contribution in [0.1, 0.15) is 29.5 Å². The van der Waals surface area contributed by atoms with E-state index in [1.165, 1.54) is 4.31 Å². The van der Waals surface area contributed by atoms with Gasteiger partial charge in [-0.3, -0.25) is 9.48 Å². The fourth-order valence-electron chi connectivity index (χ4n) is 3.90. The maximum absolute atomic E-state index is 13.0. The molecule has 2 aromatic carbocycles. The molecule has 8 heteroatoms. The molecule has 0 saturated carbocycles. The SMILES string of the molecule is Cc1ccc(S(=O)(=O)N2CCC(C(=O)Nc3ccn(Cc4ccccc4)n3)CC2)cc1C. The summed E-state index contributed by atoms with van der Waals surface area (Å²) in [6.07, 6.45) is 2.81. The van der Waals surface area contributed by atoms with Gasteiger partial charge in [0.1, 0.15) is 0 Å². The number of amides is 1. The summed E-state index contributed by atoms with van der Waals surface area (Å²) >= 11 is 0. The fourth-order valence-corrected chi connectivity index (χ4v) is 5.45. The Morgan fingerprint density at radius 3 is 2.44 bits per heavy atom. The number of sulfonamides is 1. The molecule has 1 aromatic heterocycles. The molecule has 1 aliphatic rings. The summed E-state index contributed by atoms with van der Waals surface area (Å²) in [5.41, 5.74) is 3.14. The lowest BCUT2D eigenvalue weighted by Crippen LogP contribution is -2.41. The number of carbonyl (C=O) groups excluding carboxylic acids is 1. The third-order valence-electron chi connectivity index (χ3n) is 6.02. The van der Waals surface area contributed by atoms with E-state index in [1.54, 1.807) is 22.9 Å². The number of aromatic nitrogens is 2. The van der Waals surface area contributed by atoms with Gasteiger partial charge < -0.3 is 5.32 Å². The zero-order chi connectivity index (χ0) is 22.7. The molecule has 0 atom stereocenters. The molecule has 2 heterocycles. The van der Waals surface area contributed by atoms with Gasteiger partial charge in [-0.25, -0.2) is 8.42 Å². The lowest BCUT2D eigenvalue weighted by Gasteiger charge is -2.30. The van der Waals surface area contributed by atoms with Crippen LogP contribution in [0.4, 0.5) is 5.82 Å². The molecule has 1 fully saturated rings. The highest BCUT2D eigenvalue weighted by molar-refractivity contribution is 7.89. The van der Waals surface area contributed by atoms with Gasteiger partial charge in [0.2, 0.25) is 15.9 Å². The van der Waals surface area contributed by atoms with Crippen molar-refractivity contribution in [2.75, 3.05) is 18.4 Å². The number of anilines is 1. The van der Waals surface area contributed by atoms with Crippen LogP contribution in [0.25, 0.3) is 0 Å². The molecule has 0 bridgehead atoms. The Kier molecular flexibility index (Phi) is 6.43. The smallest absolute Gasteiger partial charge is 0.243 e. The van der Waals surface area contributed by atoms with Crippen LogP contribution in [-0.2, 0) is 21.4 Å². The van der Waals surface area contributed by atoms with Gasteiger partial charge in [0.15, 0.2) is 5.82 Å². The van der Waals surface area contributed by atoms with Crippen molar-refractivity contribution in [2.24, 2.45) is 5.92 Å². The van der Waals surface area contributed by atoms with Gasteiger partial charge in [-0.1, -0.05) is 36.4 Å². The molecular formula is C24H28N4O3S. The summed E-state index contributed by atoms with van der Waals surface area (Å²) in [5, 5.41) is 7.31. The lowest BCUT2D eigenvalue weighted by atomic mass is 9.97. The predicted octanol–water partition coefficient (Wildman–Crippen LogP) is 3.59. The Morgan fingerprint density at radius 2 is 1.75 bits per heavy atom. The summed E-state index contributed by atoms with van der Waals surface area (Å²) in [7, 11) is -3.55. The average molecular weight is 453 g/mol. The quantitative estimate of drug-likeness (QED) is 0.620. The molecule has 4 rings (SSSR count). The van der Waals surface area contributed by atoms with Crippen LogP contribution in [0, 0.1) is 19.8 Å². The van der Waals surface area contributed by atoms with Crippen molar-refractivity contribution >= 4 is 21.7 Å². The van der Waals surface area contributed by atoms with E-state index in [4.69, 9.17) is 0 Å². The zero-order valence-electron chi connectivity index (χ0n) is 18.4. The first kappa shape index (κ1) is 22.2. The highest BCUT2D eigenvalue weighted by atomic mass is 32.2. The molecule has 3 aromatic rings. The molecule has 0 unspecified atom stereocenters. The molecule has 7 nitrogen and oxygen atoms in total. The Hall–Kier alpha value is -2.97. The molecule has 168 valence electrons. The number of piperidine rings is 1. The van der Waals surface area contributed by atoms with Gasteiger partial charge in [-0.15, -0.1) is 0 Å². The van der Waals surface area contributed by atoms with E-state index < -0.39 is 10.0 Å². The first-order chi connectivity index (χ1) is 15.3. The Labute approximate surface area is 189 Å². The van der Waals surface area contributed by atoms with Crippen molar-refractivity contribution in [3.8, 4) is 0 Å². The van der Waals surface area contributed by atoms with E-state index >= 15 is 0 Å². The van der Waals surface area contributed by atoms with Gasteiger partial charge in [0.25, 0.3) is 0 Å². The molecule has 1 saturated heterocycles. The van der Waals surface area contributed by atoms with Crippen molar-refractivity contribution in [1.82, 2.24) is 14.1 Å². The van der Waals surface area contributed by atoms with E-state index in [-0.39, 0.29) is 11.8 Å². The monoisotopic (exact) mass is 452 g/mol. The minimum Gasteiger partial charge on any atom is -0.309 e. The number of hydrogen-bond donors (Lipinski definition) is 1. The topological polar surface area (TPSA) is 84.3 Å². The van der Waals surface area contributed by atoms with Crippen molar-refractivity contribution in [1.29, 1.82) is 0 Å². The van der Waals surface area contributed by atoms with Crippen molar-refractivity contribution in [3.05, 3.63) is 77.5 Å². The average Bonchev–Trinajstić information content (AvgIpc) is 3.23. The molecule has 32 heavy (non-hydrogen) atoms. The molecule has 1 aliphatic heterocycles.